The van der Waals surface area contributed by atoms with Crippen LogP contribution >= 0.6 is 0 Å². The minimum atomic E-state index is -0.318. The third-order valence-corrected chi connectivity index (χ3v) is 3.07. The summed E-state index contributed by atoms with van der Waals surface area (Å²) < 4.78 is 1.65. The van der Waals surface area contributed by atoms with Crippen LogP contribution in [0.15, 0.2) is 24.3 Å². The van der Waals surface area contributed by atoms with E-state index in [2.05, 4.69) is 26.2 Å². The first-order valence-corrected chi connectivity index (χ1v) is 7.45. The van der Waals surface area contributed by atoms with Crippen LogP contribution in [0.1, 0.15) is 31.1 Å². The van der Waals surface area contributed by atoms with E-state index in [0.717, 1.165) is 5.56 Å². The Balaban J connectivity index is 2.07. The van der Waals surface area contributed by atoms with Gasteiger partial charge in [-0.3, -0.25) is 9.59 Å². The van der Waals surface area contributed by atoms with Crippen molar-refractivity contribution in [2.45, 2.75) is 33.4 Å². The van der Waals surface area contributed by atoms with Crippen molar-refractivity contribution >= 4 is 11.8 Å². The number of tetrazole rings is 1. The molecule has 1 aromatic heterocycles. The molecule has 2 amide bonds. The van der Waals surface area contributed by atoms with Gasteiger partial charge in [-0.1, -0.05) is 12.1 Å². The number of nitrogens with one attached hydrogen (secondary N) is 2. The van der Waals surface area contributed by atoms with Gasteiger partial charge in [-0.15, -0.1) is 5.10 Å². The summed E-state index contributed by atoms with van der Waals surface area (Å²) in [5.74, 6) is 0.0559. The molecule has 1 heterocycles. The van der Waals surface area contributed by atoms with Crippen molar-refractivity contribution in [3.8, 4) is 11.4 Å². The van der Waals surface area contributed by atoms with Crippen LogP contribution in [0.2, 0.25) is 0 Å². The number of aryl methyl sites for hydroxylation is 1. The Morgan fingerprint density at radius 3 is 2.78 bits per heavy atom. The molecule has 0 atom stereocenters. The lowest BCUT2D eigenvalue weighted by Gasteiger charge is -2.09. The number of hydrogen-bond donors (Lipinski definition) is 2. The third kappa shape index (κ3) is 4.35. The summed E-state index contributed by atoms with van der Waals surface area (Å²) in [6, 6.07) is 7.01. The van der Waals surface area contributed by atoms with E-state index in [1.807, 2.05) is 26.8 Å². The molecule has 0 aliphatic heterocycles. The van der Waals surface area contributed by atoms with E-state index in [9.17, 15) is 9.59 Å². The van der Waals surface area contributed by atoms with Gasteiger partial charge < -0.3 is 10.6 Å². The van der Waals surface area contributed by atoms with Crippen LogP contribution in [0.25, 0.3) is 11.4 Å². The zero-order valence-corrected chi connectivity index (χ0v) is 13.4. The Bertz CT molecular complexity index is 695. The number of carbonyl (C=O) groups excluding carboxylic acids is 2. The number of benzene rings is 1. The first kappa shape index (κ1) is 16.6. The molecule has 2 N–H and O–H groups in total. The largest absolute Gasteiger partial charge is 0.352 e. The molecular weight excluding hydrogens is 296 g/mol. The highest BCUT2D eigenvalue weighted by Gasteiger charge is 2.12. The summed E-state index contributed by atoms with van der Waals surface area (Å²) in [4.78, 5) is 23.7. The second-order valence-corrected chi connectivity index (χ2v) is 5.30. The lowest BCUT2D eigenvalue weighted by molar-refractivity contribution is -0.120. The topological polar surface area (TPSA) is 102 Å². The molecule has 0 spiro atoms. The fraction of sp³-hybridized carbons (Fsp3) is 0.400. The summed E-state index contributed by atoms with van der Waals surface area (Å²) in [6.45, 7) is 6.23. The molecule has 0 saturated heterocycles. The quantitative estimate of drug-likeness (QED) is 0.813. The zero-order chi connectivity index (χ0) is 16.8. The molecule has 0 radical (unpaired) electrons. The molecule has 1 aromatic carbocycles. The number of hydrogen-bond acceptors (Lipinski definition) is 5. The highest BCUT2D eigenvalue weighted by molar-refractivity contribution is 5.97. The van der Waals surface area contributed by atoms with Gasteiger partial charge in [0, 0.05) is 23.7 Å². The van der Waals surface area contributed by atoms with Crippen LogP contribution in [0.3, 0.4) is 0 Å². The van der Waals surface area contributed by atoms with Crippen molar-refractivity contribution in [2.75, 3.05) is 6.54 Å². The molecular formula is C15H20N6O2. The van der Waals surface area contributed by atoms with Crippen LogP contribution in [0.4, 0.5) is 0 Å². The highest BCUT2D eigenvalue weighted by atomic mass is 16.2. The summed E-state index contributed by atoms with van der Waals surface area (Å²) >= 11 is 0. The van der Waals surface area contributed by atoms with Crippen molar-refractivity contribution in [2.24, 2.45) is 0 Å². The second kappa shape index (κ2) is 7.48. The first-order chi connectivity index (χ1) is 11.0. The first-order valence-electron chi connectivity index (χ1n) is 7.45. The van der Waals surface area contributed by atoms with Crippen LogP contribution in [-0.4, -0.2) is 44.6 Å². The number of nitrogens with zero attached hydrogens (tertiary/aromatic N) is 4. The normalized spacial score (nSPS) is 10.6. The Hall–Kier alpha value is -2.77. The monoisotopic (exact) mass is 316 g/mol. The molecule has 8 heteroatoms. The number of rotatable bonds is 6. The standard InChI is InChI=1S/C15H20N6O2/c1-4-21-14(18-19-20-21)11-6-5-7-12(8-11)15(23)16-9-13(22)17-10(2)3/h5-8,10H,4,9H2,1-3H3,(H,16,23)(H,17,22). The Morgan fingerprint density at radius 1 is 1.30 bits per heavy atom. The van der Waals surface area contributed by atoms with E-state index in [-0.39, 0.29) is 24.4 Å². The Kier molecular flexibility index (Phi) is 5.40. The van der Waals surface area contributed by atoms with E-state index < -0.39 is 0 Å². The predicted octanol–water partition coefficient (Wildman–Crippen LogP) is 0.614. The van der Waals surface area contributed by atoms with Gasteiger partial charge in [0.1, 0.15) is 0 Å². The van der Waals surface area contributed by atoms with Crippen molar-refractivity contribution in [3.05, 3.63) is 29.8 Å². The molecule has 0 fully saturated rings. The smallest absolute Gasteiger partial charge is 0.251 e. The van der Waals surface area contributed by atoms with Crippen molar-refractivity contribution in [3.63, 3.8) is 0 Å². The van der Waals surface area contributed by atoms with Crippen molar-refractivity contribution in [1.29, 1.82) is 0 Å². The zero-order valence-electron chi connectivity index (χ0n) is 13.4. The maximum Gasteiger partial charge on any atom is 0.251 e. The summed E-state index contributed by atoms with van der Waals surface area (Å²) in [5, 5.41) is 16.8. The number of amides is 2. The summed E-state index contributed by atoms with van der Waals surface area (Å²) in [5.41, 5.74) is 1.20. The minimum absolute atomic E-state index is 0.0376. The van der Waals surface area contributed by atoms with Crippen LogP contribution in [0.5, 0.6) is 0 Å². The predicted molar refractivity (Wildman–Crippen MR) is 84.5 cm³/mol. The van der Waals surface area contributed by atoms with E-state index in [1.54, 1.807) is 22.9 Å². The lowest BCUT2D eigenvalue weighted by atomic mass is 10.1. The molecule has 8 nitrogen and oxygen atoms in total. The summed E-state index contributed by atoms with van der Waals surface area (Å²) in [6.07, 6.45) is 0. The molecule has 23 heavy (non-hydrogen) atoms. The van der Waals surface area contributed by atoms with E-state index in [0.29, 0.717) is 17.9 Å². The Labute approximate surface area is 134 Å². The maximum atomic E-state index is 12.2. The van der Waals surface area contributed by atoms with Crippen LogP contribution in [0, 0.1) is 0 Å². The average Bonchev–Trinajstić information content (AvgIpc) is 3.00. The molecule has 0 bridgehead atoms. The molecule has 122 valence electrons. The maximum absolute atomic E-state index is 12.2. The average molecular weight is 316 g/mol. The minimum Gasteiger partial charge on any atom is -0.352 e. The Morgan fingerprint density at radius 2 is 2.09 bits per heavy atom. The number of aromatic nitrogens is 4. The van der Waals surface area contributed by atoms with Gasteiger partial charge in [0.05, 0.1) is 6.54 Å². The SMILES string of the molecule is CCn1nnnc1-c1cccc(C(=O)NCC(=O)NC(C)C)c1. The highest BCUT2D eigenvalue weighted by Crippen LogP contribution is 2.17. The fourth-order valence-electron chi connectivity index (χ4n) is 2.06. The van der Waals surface area contributed by atoms with Gasteiger partial charge >= 0.3 is 0 Å². The molecule has 2 aromatic rings. The van der Waals surface area contributed by atoms with Gasteiger partial charge in [-0.25, -0.2) is 4.68 Å². The molecule has 0 saturated carbocycles. The van der Waals surface area contributed by atoms with Crippen LogP contribution < -0.4 is 10.6 Å². The van der Waals surface area contributed by atoms with Crippen molar-refractivity contribution < 1.29 is 9.59 Å². The molecule has 0 aliphatic carbocycles. The van der Waals surface area contributed by atoms with Gasteiger partial charge in [-0.2, -0.15) is 0 Å². The third-order valence-electron chi connectivity index (χ3n) is 3.07. The molecule has 0 aliphatic rings. The van der Waals surface area contributed by atoms with E-state index in [4.69, 9.17) is 0 Å². The van der Waals surface area contributed by atoms with E-state index in [1.165, 1.54) is 0 Å². The van der Waals surface area contributed by atoms with E-state index >= 15 is 0 Å². The van der Waals surface area contributed by atoms with Gasteiger partial charge in [0.2, 0.25) is 5.91 Å². The summed E-state index contributed by atoms with van der Waals surface area (Å²) in [7, 11) is 0. The number of carbonyl (C=O) groups is 2. The van der Waals surface area contributed by atoms with Gasteiger partial charge in [0.25, 0.3) is 5.91 Å². The van der Waals surface area contributed by atoms with Gasteiger partial charge in [-0.05, 0) is 43.3 Å². The molecule has 2 rings (SSSR count). The van der Waals surface area contributed by atoms with Crippen molar-refractivity contribution in [1.82, 2.24) is 30.8 Å². The fourth-order valence-corrected chi connectivity index (χ4v) is 2.06. The van der Waals surface area contributed by atoms with Gasteiger partial charge in [0.15, 0.2) is 5.82 Å². The second-order valence-electron chi connectivity index (χ2n) is 5.30. The molecule has 0 unspecified atom stereocenters. The van der Waals surface area contributed by atoms with Crippen LogP contribution in [-0.2, 0) is 11.3 Å². The lowest BCUT2D eigenvalue weighted by Crippen LogP contribution is -2.39.